The molecule has 1 atom stereocenters. The highest BCUT2D eigenvalue weighted by atomic mass is 15.3. The van der Waals surface area contributed by atoms with E-state index in [-0.39, 0.29) is 5.95 Å². The van der Waals surface area contributed by atoms with E-state index in [0.717, 1.165) is 31.7 Å². The van der Waals surface area contributed by atoms with Gasteiger partial charge in [0.2, 0.25) is 11.9 Å². The second-order valence-corrected chi connectivity index (χ2v) is 8.00. The highest BCUT2D eigenvalue weighted by molar-refractivity contribution is 5.54. The Balaban J connectivity index is 1.36. The van der Waals surface area contributed by atoms with Crippen LogP contribution >= 0.6 is 0 Å². The summed E-state index contributed by atoms with van der Waals surface area (Å²) in [5, 5.41) is 3.22. The third-order valence-electron chi connectivity index (χ3n) is 5.52. The standard InChI is InChI=1S/C23H29N7/c1-17-8-10-19(11-9-17)25-23-27-21(26-22(24)28-23)16-30-13-12-20(15-30)29(2)14-18-6-4-3-5-7-18/h3-11,20H,12-16H2,1-2H3,(H3,24,25,26,27,28). The molecule has 1 saturated heterocycles. The highest BCUT2D eigenvalue weighted by Crippen LogP contribution is 2.19. The van der Waals surface area contributed by atoms with Gasteiger partial charge in [-0.25, -0.2) is 0 Å². The van der Waals surface area contributed by atoms with Gasteiger partial charge in [0.1, 0.15) is 5.82 Å². The summed E-state index contributed by atoms with van der Waals surface area (Å²) in [7, 11) is 2.20. The lowest BCUT2D eigenvalue weighted by atomic mass is 10.1. The number of nitrogens with one attached hydrogen (secondary N) is 1. The summed E-state index contributed by atoms with van der Waals surface area (Å²) in [4.78, 5) is 18.0. The Labute approximate surface area is 178 Å². The first-order chi connectivity index (χ1) is 14.5. The molecule has 0 amide bonds. The van der Waals surface area contributed by atoms with Crippen LogP contribution in [0.25, 0.3) is 0 Å². The van der Waals surface area contributed by atoms with Crippen LogP contribution in [0.3, 0.4) is 0 Å². The van der Waals surface area contributed by atoms with Crippen LogP contribution in [-0.2, 0) is 13.1 Å². The number of nitrogens with zero attached hydrogens (tertiary/aromatic N) is 5. The first kappa shape index (κ1) is 20.3. The molecule has 156 valence electrons. The van der Waals surface area contributed by atoms with E-state index in [9.17, 15) is 0 Å². The molecule has 2 heterocycles. The van der Waals surface area contributed by atoms with Gasteiger partial charge in [0.15, 0.2) is 0 Å². The third kappa shape index (κ3) is 5.31. The number of likely N-dealkylation sites (tertiary alicyclic amines) is 1. The first-order valence-corrected chi connectivity index (χ1v) is 10.4. The van der Waals surface area contributed by atoms with E-state index < -0.39 is 0 Å². The van der Waals surface area contributed by atoms with Gasteiger partial charge in [-0.3, -0.25) is 9.80 Å². The van der Waals surface area contributed by atoms with Crippen LogP contribution in [0, 0.1) is 6.92 Å². The molecule has 3 N–H and O–H groups in total. The maximum atomic E-state index is 5.94. The van der Waals surface area contributed by atoms with Crippen molar-refractivity contribution in [2.45, 2.75) is 32.5 Å². The van der Waals surface area contributed by atoms with Crippen molar-refractivity contribution >= 4 is 17.6 Å². The molecule has 1 unspecified atom stereocenters. The number of anilines is 3. The van der Waals surface area contributed by atoms with E-state index in [0.29, 0.717) is 24.4 Å². The largest absolute Gasteiger partial charge is 0.368 e. The van der Waals surface area contributed by atoms with Crippen LogP contribution in [0.5, 0.6) is 0 Å². The molecule has 7 nitrogen and oxygen atoms in total. The summed E-state index contributed by atoms with van der Waals surface area (Å²) < 4.78 is 0. The second kappa shape index (κ2) is 9.19. The van der Waals surface area contributed by atoms with Crippen LogP contribution in [0.1, 0.15) is 23.4 Å². The van der Waals surface area contributed by atoms with Crippen LogP contribution in [0.15, 0.2) is 54.6 Å². The molecule has 0 spiro atoms. The Morgan fingerprint density at radius 2 is 1.83 bits per heavy atom. The molecular formula is C23H29N7. The minimum absolute atomic E-state index is 0.242. The molecular weight excluding hydrogens is 374 g/mol. The minimum Gasteiger partial charge on any atom is -0.368 e. The Morgan fingerprint density at radius 3 is 2.60 bits per heavy atom. The van der Waals surface area contributed by atoms with Gasteiger partial charge >= 0.3 is 0 Å². The summed E-state index contributed by atoms with van der Waals surface area (Å²) in [5.74, 6) is 1.42. The second-order valence-electron chi connectivity index (χ2n) is 8.00. The Morgan fingerprint density at radius 1 is 1.07 bits per heavy atom. The van der Waals surface area contributed by atoms with Crippen molar-refractivity contribution in [2.75, 3.05) is 31.2 Å². The van der Waals surface area contributed by atoms with Crippen molar-refractivity contribution in [3.63, 3.8) is 0 Å². The number of nitrogen functional groups attached to an aromatic ring is 1. The normalized spacial score (nSPS) is 16.8. The van der Waals surface area contributed by atoms with Gasteiger partial charge in [0.05, 0.1) is 6.54 Å². The zero-order valence-electron chi connectivity index (χ0n) is 17.6. The number of hydrogen-bond donors (Lipinski definition) is 2. The maximum Gasteiger partial charge on any atom is 0.232 e. The number of hydrogen-bond acceptors (Lipinski definition) is 7. The first-order valence-electron chi connectivity index (χ1n) is 10.4. The van der Waals surface area contributed by atoms with E-state index in [1.54, 1.807) is 0 Å². The number of rotatable bonds is 7. The molecule has 3 aromatic rings. The zero-order valence-corrected chi connectivity index (χ0v) is 17.6. The summed E-state index contributed by atoms with van der Waals surface area (Å²) in [6.07, 6.45) is 1.14. The van der Waals surface area contributed by atoms with Crippen LogP contribution in [-0.4, -0.2) is 50.9 Å². The lowest BCUT2D eigenvalue weighted by Crippen LogP contribution is -2.34. The monoisotopic (exact) mass is 403 g/mol. The summed E-state index contributed by atoms with van der Waals surface area (Å²) in [5.41, 5.74) is 9.42. The van der Waals surface area contributed by atoms with Crippen molar-refractivity contribution in [3.05, 3.63) is 71.5 Å². The molecule has 0 saturated carbocycles. The maximum absolute atomic E-state index is 5.94. The molecule has 30 heavy (non-hydrogen) atoms. The lowest BCUT2D eigenvalue weighted by Gasteiger charge is -2.24. The fourth-order valence-electron chi connectivity index (χ4n) is 3.85. The van der Waals surface area contributed by atoms with Crippen molar-refractivity contribution in [1.29, 1.82) is 0 Å². The average molecular weight is 404 g/mol. The van der Waals surface area contributed by atoms with Gasteiger partial charge in [0, 0.05) is 31.4 Å². The van der Waals surface area contributed by atoms with Crippen molar-refractivity contribution in [2.24, 2.45) is 0 Å². The van der Waals surface area contributed by atoms with Gasteiger partial charge in [-0.1, -0.05) is 48.0 Å². The summed E-state index contributed by atoms with van der Waals surface area (Å²) in [6.45, 7) is 5.71. The van der Waals surface area contributed by atoms with E-state index in [4.69, 9.17) is 5.73 Å². The highest BCUT2D eigenvalue weighted by Gasteiger charge is 2.26. The van der Waals surface area contributed by atoms with Gasteiger partial charge in [-0.05, 0) is 38.1 Å². The topological polar surface area (TPSA) is 83.2 Å². The fourth-order valence-corrected chi connectivity index (χ4v) is 3.85. The molecule has 0 radical (unpaired) electrons. The van der Waals surface area contributed by atoms with E-state index in [1.165, 1.54) is 11.1 Å². The van der Waals surface area contributed by atoms with Crippen LogP contribution in [0.2, 0.25) is 0 Å². The summed E-state index contributed by atoms with van der Waals surface area (Å²) >= 11 is 0. The molecule has 1 aliphatic rings. The van der Waals surface area contributed by atoms with Gasteiger partial charge < -0.3 is 11.1 Å². The molecule has 1 fully saturated rings. The number of aromatic nitrogens is 3. The number of aryl methyl sites for hydroxylation is 1. The fraction of sp³-hybridized carbons (Fsp3) is 0.348. The SMILES string of the molecule is Cc1ccc(Nc2nc(N)nc(CN3CCC(N(C)Cc4ccccc4)C3)n2)cc1. The van der Waals surface area contributed by atoms with E-state index in [2.05, 4.69) is 74.4 Å². The van der Waals surface area contributed by atoms with Crippen molar-refractivity contribution in [3.8, 4) is 0 Å². The molecule has 0 bridgehead atoms. The van der Waals surface area contributed by atoms with Gasteiger partial charge in [0.25, 0.3) is 0 Å². The third-order valence-corrected chi connectivity index (χ3v) is 5.52. The molecule has 0 aliphatic carbocycles. The van der Waals surface area contributed by atoms with E-state index in [1.807, 2.05) is 24.3 Å². The van der Waals surface area contributed by atoms with Crippen LogP contribution < -0.4 is 11.1 Å². The molecule has 7 heteroatoms. The zero-order chi connectivity index (χ0) is 20.9. The predicted octanol–water partition coefficient (Wildman–Crippen LogP) is 3.21. The average Bonchev–Trinajstić information content (AvgIpc) is 3.19. The number of nitrogens with two attached hydrogens (primary N) is 1. The molecule has 2 aromatic carbocycles. The number of likely N-dealkylation sites (N-methyl/N-ethyl adjacent to an activating group) is 1. The quantitative estimate of drug-likeness (QED) is 0.627. The van der Waals surface area contributed by atoms with Crippen molar-refractivity contribution in [1.82, 2.24) is 24.8 Å². The Kier molecular flexibility index (Phi) is 6.21. The molecule has 4 rings (SSSR count). The van der Waals surface area contributed by atoms with E-state index >= 15 is 0 Å². The van der Waals surface area contributed by atoms with Crippen LogP contribution in [0.4, 0.5) is 17.6 Å². The molecule has 1 aromatic heterocycles. The number of benzene rings is 2. The Hall–Kier alpha value is -3.03. The Bertz CT molecular complexity index is 959. The molecule has 1 aliphatic heterocycles. The predicted molar refractivity (Wildman–Crippen MR) is 120 cm³/mol. The smallest absolute Gasteiger partial charge is 0.232 e. The lowest BCUT2D eigenvalue weighted by molar-refractivity contribution is 0.221. The van der Waals surface area contributed by atoms with Gasteiger partial charge in [-0.2, -0.15) is 15.0 Å². The minimum atomic E-state index is 0.242. The van der Waals surface area contributed by atoms with Gasteiger partial charge in [-0.15, -0.1) is 0 Å². The van der Waals surface area contributed by atoms with Crippen molar-refractivity contribution < 1.29 is 0 Å². The summed E-state index contributed by atoms with van der Waals surface area (Å²) in [6, 6.07) is 19.2.